The molecule has 4 atom stereocenters. The van der Waals surface area contributed by atoms with Gasteiger partial charge in [-0.15, -0.1) is 0 Å². The fourth-order valence-electron chi connectivity index (χ4n) is 3.59. The Morgan fingerprint density at radius 2 is 2.00 bits per heavy atom. The molecular formula is C14H22F3NO2. The summed E-state index contributed by atoms with van der Waals surface area (Å²) in [4.78, 5) is 14.1. The molecule has 1 aliphatic heterocycles. The number of likely N-dealkylation sites (tertiary alicyclic amines) is 1. The number of nitrogens with zero attached hydrogens (tertiary/aromatic N) is 1. The quantitative estimate of drug-likeness (QED) is 0.800. The van der Waals surface area contributed by atoms with Gasteiger partial charge in [0.25, 0.3) is 5.91 Å². The van der Waals surface area contributed by atoms with Crippen LogP contribution in [0.1, 0.15) is 46.0 Å². The van der Waals surface area contributed by atoms with Crippen LogP contribution in [-0.4, -0.2) is 41.8 Å². The minimum Gasteiger partial charge on any atom is -0.359 e. The molecule has 20 heavy (non-hydrogen) atoms. The molecule has 0 spiro atoms. The zero-order valence-electron chi connectivity index (χ0n) is 11.9. The van der Waals surface area contributed by atoms with E-state index in [4.69, 9.17) is 4.74 Å². The molecule has 1 heterocycles. The minimum atomic E-state index is -4.39. The highest BCUT2D eigenvalue weighted by Gasteiger charge is 2.44. The number of amides is 1. The summed E-state index contributed by atoms with van der Waals surface area (Å²) in [7, 11) is 0. The summed E-state index contributed by atoms with van der Waals surface area (Å²) in [5, 5.41) is 0. The number of alkyl halides is 3. The van der Waals surface area contributed by atoms with Crippen LogP contribution in [-0.2, 0) is 9.53 Å². The molecule has 2 rings (SSSR count). The van der Waals surface area contributed by atoms with Gasteiger partial charge >= 0.3 is 6.18 Å². The van der Waals surface area contributed by atoms with Crippen LogP contribution in [0.3, 0.4) is 0 Å². The van der Waals surface area contributed by atoms with Crippen LogP contribution < -0.4 is 0 Å². The maximum Gasteiger partial charge on any atom is 0.411 e. The normalized spacial score (nSPS) is 32.0. The van der Waals surface area contributed by atoms with Crippen molar-refractivity contribution in [3.8, 4) is 0 Å². The average molecular weight is 293 g/mol. The van der Waals surface area contributed by atoms with E-state index in [-0.39, 0.29) is 18.0 Å². The molecule has 0 aromatic heterocycles. The van der Waals surface area contributed by atoms with Gasteiger partial charge in [-0.3, -0.25) is 4.79 Å². The van der Waals surface area contributed by atoms with E-state index < -0.39 is 18.9 Å². The number of carbonyl (C=O) groups excluding carboxylic acids is 1. The van der Waals surface area contributed by atoms with E-state index in [1.165, 1.54) is 13.3 Å². The SMILES string of the molecule is C[C@H](OCC(F)(F)F)C(=O)N1[C@H](C)C[C@@H]2CCCC[C@@H]21. The smallest absolute Gasteiger partial charge is 0.359 e. The lowest BCUT2D eigenvalue weighted by molar-refractivity contribution is -0.189. The lowest BCUT2D eigenvalue weighted by atomic mass is 9.85. The summed E-state index contributed by atoms with van der Waals surface area (Å²) in [6, 6.07) is 0.302. The maximum absolute atomic E-state index is 12.4. The summed E-state index contributed by atoms with van der Waals surface area (Å²) < 4.78 is 41.1. The van der Waals surface area contributed by atoms with E-state index >= 15 is 0 Å². The molecule has 1 saturated carbocycles. The topological polar surface area (TPSA) is 29.5 Å². The first-order valence-electron chi connectivity index (χ1n) is 7.30. The number of fused-ring (bicyclic) bond motifs is 1. The second kappa shape index (κ2) is 5.92. The van der Waals surface area contributed by atoms with E-state index in [2.05, 4.69) is 0 Å². The van der Waals surface area contributed by atoms with Crippen LogP contribution in [0.4, 0.5) is 13.2 Å². The highest BCUT2D eigenvalue weighted by atomic mass is 19.4. The molecule has 0 aromatic carbocycles. The molecule has 0 bridgehead atoms. The molecule has 0 aromatic rings. The number of carbonyl (C=O) groups is 1. The molecule has 1 aliphatic carbocycles. The predicted molar refractivity (Wildman–Crippen MR) is 68.1 cm³/mol. The Labute approximate surface area is 117 Å². The van der Waals surface area contributed by atoms with Crippen LogP contribution in [0.2, 0.25) is 0 Å². The van der Waals surface area contributed by atoms with Gasteiger partial charge in [-0.25, -0.2) is 0 Å². The van der Waals surface area contributed by atoms with Crippen molar-refractivity contribution >= 4 is 5.91 Å². The van der Waals surface area contributed by atoms with Crippen molar-refractivity contribution in [2.24, 2.45) is 5.92 Å². The Hall–Kier alpha value is -0.780. The first-order chi connectivity index (χ1) is 9.29. The van der Waals surface area contributed by atoms with Gasteiger partial charge < -0.3 is 9.64 Å². The van der Waals surface area contributed by atoms with Crippen molar-refractivity contribution in [2.45, 2.75) is 70.3 Å². The molecule has 1 saturated heterocycles. The summed E-state index contributed by atoms with van der Waals surface area (Å²) in [6.45, 7) is 2.03. The Kier molecular flexibility index (Phi) is 4.62. The van der Waals surface area contributed by atoms with Crippen molar-refractivity contribution in [3.63, 3.8) is 0 Å². The molecule has 2 fully saturated rings. The second-order valence-electron chi connectivity index (χ2n) is 6.01. The van der Waals surface area contributed by atoms with E-state index in [0.29, 0.717) is 5.92 Å². The summed E-state index contributed by atoms with van der Waals surface area (Å²) in [6.07, 6.45) is -0.0878. The third kappa shape index (κ3) is 3.45. The molecule has 1 amide bonds. The van der Waals surface area contributed by atoms with Crippen molar-refractivity contribution in [2.75, 3.05) is 6.61 Å². The summed E-state index contributed by atoms with van der Waals surface area (Å²) in [5.41, 5.74) is 0. The third-order valence-electron chi connectivity index (χ3n) is 4.44. The number of hydrogen-bond donors (Lipinski definition) is 0. The first-order valence-corrected chi connectivity index (χ1v) is 7.30. The second-order valence-corrected chi connectivity index (χ2v) is 6.01. The van der Waals surface area contributed by atoms with Crippen LogP contribution in [0.15, 0.2) is 0 Å². The van der Waals surface area contributed by atoms with Crippen molar-refractivity contribution < 1.29 is 22.7 Å². The Morgan fingerprint density at radius 3 is 2.65 bits per heavy atom. The van der Waals surface area contributed by atoms with Crippen LogP contribution in [0.25, 0.3) is 0 Å². The van der Waals surface area contributed by atoms with Gasteiger partial charge in [0.1, 0.15) is 12.7 Å². The average Bonchev–Trinajstić information content (AvgIpc) is 2.70. The third-order valence-corrected chi connectivity index (χ3v) is 4.44. The Morgan fingerprint density at radius 1 is 1.35 bits per heavy atom. The maximum atomic E-state index is 12.4. The Balaban J connectivity index is 1.96. The van der Waals surface area contributed by atoms with Gasteiger partial charge in [0.15, 0.2) is 0 Å². The highest BCUT2D eigenvalue weighted by molar-refractivity contribution is 5.81. The van der Waals surface area contributed by atoms with E-state index in [1.54, 1.807) is 4.90 Å². The number of hydrogen-bond acceptors (Lipinski definition) is 2. The van der Waals surface area contributed by atoms with Crippen LogP contribution >= 0.6 is 0 Å². The lowest BCUT2D eigenvalue weighted by Gasteiger charge is -2.34. The van der Waals surface area contributed by atoms with Gasteiger partial charge in [-0.2, -0.15) is 13.2 Å². The van der Waals surface area contributed by atoms with E-state index in [9.17, 15) is 18.0 Å². The highest BCUT2D eigenvalue weighted by Crippen LogP contribution is 2.39. The van der Waals surface area contributed by atoms with E-state index in [0.717, 1.165) is 25.7 Å². The minimum absolute atomic E-state index is 0.104. The molecular weight excluding hydrogens is 271 g/mol. The molecule has 2 aliphatic rings. The zero-order chi connectivity index (χ0) is 14.9. The van der Waals surface area contributed by atoms with Crippen molar-refractivity contribution in [1.29, 1.82) is 0 Å². The monoisotopic (exact) mass is 293 g/mol. The molecule has 0 N–H and O–H groups in total. The number of ether oxygens (including phenoxy) is 1. The molecule has 3 nitrogen and oxygen atoms in total. The van der Waals surface area contributed by atoms with Gasteiger partial charge in [-0.05, 0) is 39.0 Å². The summed E-state index contributed by atoms with van der Waals surface area (Å²) >= 11 is 0. The van der Waals surface area contributed by atoms with E-state index in [1.807, 2.05) is 6.92 Å². The first kappa shape index (κ1) is 15.6. The van der Waals surface area contributed by atoms with Crippen molar-refractivity contribution in [1.82, 2.24) is 4.90 Å². The lowest BCUT2D eigenvalue weighted by Crippen LogP contribution is -2.47. The molecule has 116 valence electrons. The molecule has 6 heteroatoms. The summed E-state index contributed by atoms with van der Waals surface area (Å²) in [5.74, 6) is 0.216. The zero-order valence-corrected chi connectivity index (χ0v) is 11.9. The Bertz CT molecular complexity index is 359. The molecule has 0 unspecified atom stereocenters. The van der Waals surface area contributed by atoms with Crippen LogP contribution in [0, 0.1) is 5.92 Å². The van der Waals surface area contributed by atoms with Crippen molar-refractivity contribution in [3.05, 3.63) is 0 Å². The molecule has 0 radical (unpaired) electrons. The largest absolute Gasteiger partial charge is 0.411 e. The predicted octanol–water partition coefficient (Wildman–Crippen LogP) is 3.13. The van der Waals surface area contributed by atoms with Gasteiger partial charge in [0, 0.05) is 12.1 Å². The van der Waals surface area contributed by atoms with Gasteiger partial charge in [0.05, 0.1) is 0 Å². The fraction of sp³-hybridized carbons (Fsp3) is 0.929. The number of halogens is 3. The van der Waals surface area contributed by atoms with Gasteiger partial charge in [-0.1, -0.05) is 12.8 Å². The van der Waals surface area contributed by atoms with Gasteiger partial charge in [0.2, 0.25) is 0 Å². The van der Waals surface area contributed by atoms with Crippen LogP contribution in [0.5, 0.6) is 0 Å². The standard InChI is InChI=1S/C14H22F3NO2/c1-9-7-11-5-3-4-6-12(11)18(9)13(19)10(2)20-8-14(15,16)17/h9-12H,3-8H2,1-2H3/t9-,10+,11+,12+/m1/s1. The number of rotatable bonds is 3. The fourth-order valence-corrected chi connectivity index (χ4v) is 3.59.